The zero-order valence-corrected chi connectivity index (χ0v) is 22.3. The van der Waals surface area contributed by atoms with Crippen LogP contribution in [0.2, 0.25) is 5.02 Å². The van der Waals surface area contributed by atoms with Crippen LogP contribution >= 0.6 is 11.6 Å². The van der Waals surface area contributed by atoms with Gasteiger partial charge in [0.25, 0.3) is 0 Å². The van der Waals surface area contributed by atoms with E-state index in [4.69, 9.17) is 21.1 Å². The number of benzene rings is 2. The molecule has 0 spiro atoms. The van der Waals surface area contributed by atoms with Crippen molar-refractivity contribution in [3.05, 3.63) is 53.6 Å². The number of esters is 2. The van der Waals surface area contributed by atoms with Crippen molar-refractivity contribution >= 4 is 34.6 Å². The van der Waals surface area contributed by atoms with Gasteiger partial charge in [0.15, 0.2) is 0 Å². The number of aromatic nitrogens is 3. The number of rotatable bonds is 6. The number of hydrogen-bond acceptors (Lipinski definition) is 7. The molecule has 1 aliphatic rings. The van der Waals surface area contributed by atoms with Gasteiger partial charge in [-0.3, -0.25) is 4.79 Å². The SMILES string of the molecule is C=CC(=O)OC1CCCCC1C(C)C(=O)Oc1cc(-n2nc3ccc(Cl)cc3n2)c(O)c(C(C)(C)C)c1. The van der Waals surface area contributed by atoms with Crippen molar-refractivity contribution in [3.63, 3.8) is 0 Å². The molecule has 0 saturated heterocycles. The molecule has 2 aromatic carbocycles. The Morgan fingerprint density at radius 1 is 1.16 bits per heavy atom. The Morgan fingerprint density at radius 2 is 1.86 bits per heavy atom. The smallest absolute Gasteiger partial charge is 0.330 e. The Labute approximate surface area is 221 Å². The maximum atomic E-state index is 13.3. The number of ether oxygens (including phenoxy) is 2. The summed E-state index contributed by atoms with van der Waals surface area (Å²) in [5.41, 5.74) is 1.57. The highest BCUT2D eigenvalue weighted by Crippen LogP contribution is 2.39. The molecule has 1 aliphatic carbocycles. The zero-order valence-electron chi connectivity index (χ0n) is 21.5. The number of carbonyl (C=O) groups is 2. The normalized spacial score (nSPS) is 18.8. The molecule has 3 aromatic rings. The molecule has 0 amide bonds. The minimum Gasteiger partial charge on any atom is -0.505 e. The predicted octanol–water partition coefficient (Wildman–Crippen LogP) is 5.91. The van der Waals surface area contributed by atoms with Crippen LogP contribution in [0, 0.1) is 11.8 Å². The molecule has 1 N–H and O–H groups in total. The number of fused-ring (bicyclic) bond motifs is 1. The van der Waals surface area contributed by atoms with Crippen molar-refractivity contribution in [2.75, 3.05) is 0 Å². The van der Waals surface area contributed by atoms with E-state index in [0.29, 0.717) is 28.0 Å². The van der Waals surface area contributed by atoms with E-state index in [1.807, 2.05) is 20.8 Å². The van der Waals surface area contributed by atoms with Crippen molar-refractivity contribution < 1.29 is 24.2 Å². The van der Waals surface area contributed by atoms with Gasteiger partial charge in [-0.15, -0.1) is 15.0 Å². The molecule has 0 radical (unpaired) electrons. The Morgan fingerprint density at radius 3 is 2.57 bits per heavy atom. The van der Waals surface area contributed by atoms with E-state index in [2.05, 4.69) is 16.8 Å². The average molecular weight is 526 g/mol. The van der Waals surface area contributed by atoms with Gasteiger partial charge in [-0.1, -0.05) is 52.3 Å². The molecule has 4 rings (SSSR count). The average Bonchev–Trinajstić information content (AvgIpc) is 3.27. The predicted molar refractivity (Wildman–Crippen MR) is 141 cm³/mol. The molecular weight excluding hydrogens is 494 g/mol. The van der Waals surface area contributed by atoms with E-state index in [1.165, 1.54) is 4.80 Å². The van der Waals surface area contributed by atoms with Gasteiger partial charge in [0.05, 0.1) is 5.92 Å². The summed E-state index contributed by atoms with van der Waals surface area (Å²) in [7, 11) is 0. The lowest BCUT2D eigenvalue weighted by Gasteiger charge is -2.33. The second-order valence-corrected chi connectivity index (χ2v) is 11.0. The summed E-state index contributed by atoms with van der Waals surface area (Å²) in [6.07, 6.45) is 4.11. The van der Waals surface area contributed by atoms with Gasteiger partial charge in [-0.05, 0) is 48.9 Å². The Bertz CT molecular complexity index is 1340. The number of carbonyl (C=O) groups excluding carboxylic acids is 2. The van der Waals surface area contributed by atoms with Crippen LogP contribution in [-0.4, -0.2) is 38.1 Å². The summed E-state index contributed by atoms with van der Waals surface area (Å²) in [4.78, 5) is 26.4. The van der Waals surface area contributed by atoms with Crippen LogP contribution < -0.4 is 4.74 Å². The summed E-state index contributed by atoms with van der Waals surface area (Å²) >= 11 is 6.10. The lowest BCUT2D eigenvalue weighted by molar-refractivity contribution is -0.154. The van der Waals surface area contributed by atoms with E-state index in [0.717, 1.165) is 25.3 Å². The molecule has 8 nitrogen and oxygen atoms in total. The fourth-order valence-corrected chi connectivity index (χ4v) is 4.96. The van der Waals surface area contributed by atoms with E-state index < -0.39 is 23.3 Å². The maximum absolute atomic E-state index is 13.3. The molecule has 1 heterocycles. The zero-order chi connectivity index (χ0) is 26.9. The van der Waals surface area contributed by atoms with Gasteiger partial charge >= 0.3 is 11.9 Å². The molecule has 1 saturated carbocycles. The quantitative estimate of drug-likeness (QED) is 0.242. The van der Waals surface area contributed by atoms with Gasteiger partial charge in [-0.25, -0.2) is 4.79 Å². The van der Waals surface area contributed by atoms with Gasteiger partial charge < -0.3 is 14.6 Å². The van der Waals surface area contributed by atoms with Gasteiger partial charge in [0.2, 0.25) is 0 Å². The third kappa shape index (κ3) is 5.80. The van der Waals surface area contributed by atoms with Crippen LogP contribution in [0.1, 0.15) is 58.9 Å². The van der Waals surface area contributed by atoms with Crippen LogP contribution in [0.25, 0.3) is 16.7 Å². The largest absolute Gasteiger partial charge is 0.505 e. The fraction of sp³-hybridized carbons (Fsp3) is 0.429. The fourth-order valence-electron chi connectivity index (χ4n) is 4.80. The number of phenolic OH excluding ortho intramolecular Hbond substituents is 1. The second-order valence-electron chi connectivity index (χ2n) is 10.5. The Hall–Kier alpha value is -3.39. The van der Waals surface area contributed by atoms with Crippen molar-refractivity contribution in [1.82, 2.24) is 15.0 Å². The first-order valence-electron chi connectivity index (χ1n) is 12.4. The molecular formula is C28H32ClN3O5. The maximum Gasteiger partial charge on any atom is 0.330 e. The van der Waals surface area contributed by atoms with Crippen LogP contribution in [-0.2, 0) is 19.7 Å². The molecule has 3 unspecified atom stereocenters. The highest BCUT2D eigenvalue weighted by atomic mass is 35.5. The number of nitrogens with zero attached hydrogens (tertiary/aromatic N) is 3. The van der Waals surface area contributed by atoms with Gasteiger partial charge in [0.1, 0.15) is 34.3 Å². The molecule has 37 heavy (non-hydrogen) atoms. The lowest BCUT2D eigenvalue weighted by atomic mass is 9.78. The highest BCUT2D eigenvalue weighted by Gasteiger charge is 2.36. The topological polar surface area (TPSA) is 104 Å². The van der Waals surface area contributed by atoms with Crippen molar-refractivity contribution in [2.24, 2.45) is 11.8 Å². The summed E-state index contributed by atoms with van der Waals surface area (Å²) in [5.74, 6) is -1.33. The summed E-state index contributed by atoms with van der Waals surface area (Å²) in [5, 5.41) is 20.6. The van der Waals surface area contributed by atoms with Crippen LogP contribution in [0.4, 0.5) is 0 Å². The second kappa shape index (κ2) is 10.5. The van der Waals surface area contributed by atoms with Crippen molar-refractivity contribution in [3.8, 4) is 17.2 Å². The molecule has 3 atom stereocenters. The highest BCUT2D eigenvalue weighted by molar-refractivity contribution is 6.31. The van der Waals surface area contributed by atoms with Gasteiger partial charge in [-0.2, -0.15) is 0 Å². The van der Waals surface area contributed by atoms with Crippen molar-refractivity contribution in [1.29, 1.82) is 0 Å². The first-order chi connectivity index (χ1) is 17.5. The molecule has 0 bridgehead atoms. The number of hydrogen-bond donors (Lipinski definition) is 1. The molecule has 0 aliphatic heterocycles. The van der Waals surface area contributed by atoms with E-state index in [-0.39, 0.29) is 29.2 Å². The lowest BCUT2D eigenvalue weighted by Crippen LogP contribution is -2.38. The van der Waals surface area contributed by atoms with Crippen LogP contribution in [0.15, 0.2) is 43.0 Å². The minimum atomic E-state index is -0.509. The van der Waals surface area contributed by atoms with E-state index >= 15 is 0 Å². The van der Waals surface area contributed by atoms with Crippen molar-refractivity contribution in [2.45, 2.75) is 64.9 Å². The molecule has 196 valence electrons. The third-order valence-corrected chi connectivity index (χ3v) is 7.08. The Kier molecular flexibility index (Phi) is 7.59. The number of halogens is 1. The third-order valence-electron chi connectivity index (χ3n) is 6.85. The van der Waals surface area contributed by atoms with Crippen LogP contribution in [0.5, 0.6) is 11.5 Å². The van der Waals surface area contributed by atoms with E-state index in [1.54, 1.807) is 37.3 Å². The minimum absolute atomic E-state index is 0.00423. The first kappa shape index (κ1) is 26.7. The summed E-state index contributed by atoms with van der Waals surface area (Å²) < 4.78 is 11.4. The molecule has 1 aromatic heterocycles. The number of phenols is 1. The number of aromatic hydroxyl groups is 1. The van der Waals surface area contributed by atoms with Gasteiger partial charge in [0, 0.05) is 28.6 Å². The monoisotopic (exact) mass is 525 g/mol. The standard InChI is InChI=1S/C28H32ClN3O5/c1-6-25(33)37-24-10-8-7-9-19(24)16(2)27(35)36-18-14-20(28(3,4)5)26(34)23(15-18)32-30-21-12-11-17(29)13-22(21)31-32/h6,11-16,19,24,34H,1,7-10H2,2-5H3. The molecule has 9 heteroatoms. The first-order valence-corrected chi connectivity index (χ1v) is 12.8. The summed E-state index contributed by atoms with van der Waals surface area (Å²) in [6, 6.07) is 8.36. The summed E-state index contributed by atoms with van der Waals surface area (Å²) in [6.45, 7) is 11.1. The molecule has 1 fully saturated rings. The van der Waals surface area contributed by atoms with Crippen LogP contribution in [0.3, 0.4) is 0 Å². The van der Waals surface area contributed by atoms with E-state index in [9.17, 15) is 14.7 Å². The Balaban J connectivity index is 1.66.